The molecule has 0 aliphatic rings. The lowest BCUT2D eigenvalue weighted by atomic mass is 10.2. The number of para-hydroxylation sites is 1. The number of nitrogens with zero attached hydrogens (tertiary/aromatic N) is 3. The zero-order chi connectivity index (χ0) is 15.9. The van der Waals surface area contributed by atoms with Gasteiger partial charge in [0, 0.05) is 12.4 Å². The van der Waals surface area contributed by atoms with Gasteiger partial charge in [0.1, 0.15) is 11.4 Å². The normalized spacial score (nSPS) is 11.0. The third kappa shape index (κ3) is 2.34. The number of fused-ring (bicyclic) bond motifs is 1. The molecular formula is C15H12ClN3O2S. The van der Waals surface area contributed by atoms with E-state index in [0.29, 0.717) is 21.1 Å². The second-order valence-electron chi connectivity index (χ2n) is 4.71. The van der Waals surface area contributed by atoms with Crippen LogP contribution in [0.5, 0.6) is 5.75 Å². The Bertz CT molecular complexity index is 920. The highest BCUT2D eigenvalue weighted by molar-refractivity contribution is 7.98. The fraction of sp³-hybridized carbons (Fsp3) is 0.133. The smallest absolute Gasteiger partial charge is 0.266 e. The van der Waals surface area contributed by atoms with Gasteiger partial charge in [0.05, 0.1) is 15.9 Å². The van der Waals surface area contributed by atoms with E-state index in [1.54, 1.807) is 18.3 Å². The number of rotatable bonds is 2. The molecule has 0 fully saturated rings. The summed E-state index contributed by atoms with van der Waals surface area (Å²) in [4.78, 5) is 21.2. The SMILES string of the molecule is CSc1ncc2c(=O)n(-c3c(O)cccc3Cl)cc(C)c2n1. The minimum absolute atomic E-state index is 0.0602. The molecule has 112 valence electrons. The second-order valence-corrected chi connectivity index (χ2v) is 5.89. The highest BCUT2D eigenvalue weighted by Gasteiger charge is 2.15. The Balaban J connectivity index is 2.38. The van der Waals surface area contributed by atoms with Crippen molar-refractivity contribution < 1.29 is 5.11 Å². The molecule has 0 bridgehead atoms. The molecule has 0 spiro atoms. The first kappa shape index (κ1) is 14.9. The van der Waals surface area contributed by atoms with Gasteiger partial charge >= 0.3 is 0 Å². The van der Waals surface area contributed by atoms with Crippen LogP contribution in [-0.4, -0.2) is 25.9 Å². The van der Waals surface area contributed by atoms with Crippen molar-refractivity contribution in [3.05, 3.63) is 51.5 Å². The summed E-state index contributed by atoms with van der Waals surface area (Å²) in [6.07, 6.45) is 5.01. The highest BCUT2D eigenvalue weighted by atomic mass is 35.5. The number of thioether (sulfide) groups is 1. The topological polar surface area (TPSA) is 68.0 Å². The van der Waals surface area contributed by atoms with Crippen LogP contribution in [-0.2, 0) is 0 Å². The van der Waals surface area contributed by atoms with E-state index >= 15 is 0 Å². The molecule has 1 aromatic carbocycles. The van der Waals surface area contributed by atoms with E-state index in [4.69, 9.17) is 11.6 Å². The Morgan fingerprint density at radius 3 is 2.82 bits per heavy atom. The summed E-state index contributed by atoms with van der Waals surface area (Å²) in [7, 11) is 0. The van der Waals surface area contributed by atoms with Gasteiger partial charge in [-0.25, -0.2) is 9.97 Å². The van der Waals surface area contributed by atoms with Crippen molar-refractivity contribution in [3.8, 4) is 11.4 Å². The van der Waals surface area contributed by atoms with Crippen molar-refractivity contribution in [3.63, 3.8) is 0 Å². The number of benzene rings is 1. The molecule has 0 amide bonds. The summed E-state index contributed by atoms with van der Waals surface area (Å²) in [5.74, 6) is -0.0602. The molecule has 1 N–H and O–H groups in total. The van der Waals surface area contributed by atoms with Crippen LogP contribution >= 0.6 is 23.4 Å². The molecule has 0 atom stereocenters. The number of aromatic nitrogens is 3. The molecule has 3 aromatic rings. The van der Waals surface area contributed by atoms with Crippen LogP contribution in [0.15, 0.2) is 40.5 Å². The number of phenols is 1. The number of pyridine rings is 1. The molecule has 5 nitrogen and oxygen atoms in total. The Morgan fingerprint density at radius 2 is 2.14 bits per heavy atom. The number of halogens is 1. The molecule has 2 heterocycles. The molecule has 0 radical (unpaired) electrons. The van der Waals surface area contributed by atoms with Crippen LogP contribution in [0.2, 0.25) is 5.02 Å². The molecular weight excluding hydrogens is 322 g/mol. The van der Waals surface area contributed by atoms with Gasteiger partial charge in [0.25, 0.3) is 5.56 Å². The average Bonchev–Trinajstić information content (AvgIpc) is 2.51. The standard InChI is InChI=1S/C15H12ClN3O2S/c1-8-7-19(13-10(16)4-3-5-11(13)20)14(21)9-6-17-15(22-2)18-12(8)9/h3-7,20H,1-2H3. The van der Waals surface area contributed by atoms with E-state index in [1.807, 2.05) is 13.2 Å². The molecule has 3 rings (SSSR count). The summed E-state index contributed by atoms with van der Waals surface area (Å²) < 4.78 is 1.33. The van der Waals surface area contributed by atoms with Crippen LogP contribution in [0.4, 0.5) is 0 Å². The lowest BCUT2D eigenvalue weighted by Crippen LogP contribution is -2.20. The van der Waals surface area contributed by atoms with E-state index < -0.39 is 0 Å². The van der Waals surface area contributed by atoms with Crippen molar-refractivity contribution in [1.82, 2.24) is 14.5 Å². The predicted octanol–water partition coefficient (Wildman–Crippen LogP) is 3.17. The Labute approximate surface area is 135 Å². The summed E-state index contributed by atoms with van der Waals surface area (Å²) >= 11 is 7.54. The van der Waals surface area contributed by atoms with Crippen molar-refractivity contribution in [2.45, 2.75) is 12.1 Å². The van der Waals surface area contributed by atoms with E-state index in [2.05, 4.69) is 9.97 Å². The van der Waals surface area contributed by atoms with Gasteiger partial charge in [-0.2, -0.15) is 0 Å². The number of aryl methyl sites for hydroxylation is 1. The van der Waals surface area contributed by atoms with Gasteiger partial charge in [0.2, 0.25) is 0 Å². The predicted molar refractivity (Wildman–Crippen MR) is 88.3 cm³/mol. The quantitative estimate of drug-likeness (QED) is 0.576. The van der Waals surface area contributed by atoms with Gasteiger partial charge in [-0.3, -0.25) is 9.36 Å². The number of phenolic OH excluding ortho intramolecular Hbond substituents is 1. The Hall–Kier alpha value is -2.05. The lowest BCUT2D eigenvalue weighted by Gasteiger charge is -2.12. The molecule has 22 heavy (non-hydrogen) atoms. The number of hydrogen-bond donors (Lipinski definition) is 1. The van der Waals surface area contributed by atoms with Gasteiger partial charge in [-0.05, 0) is 30.9 Å². The van der Waals surface area contributed by atoms with Gasteiger partial charge in [-0.15, -0.1) is 0 Å². The average molecular weight is 334 g/mol. The maximum absolute atomic E-state index is 12.7. The van der Waals surface area contributed by atoms with Crippen LogP contribution in [0.25, 0.3) is 16.6 Å². The van der Waals surface area contributed by atoms with Crippen molar-refractivity contribution in [2.24, 2.45) is 0 Å². The van der Waals surface area contributed by atoms with Gasteiger partial charge in [-0.1, -0.05) is 29.4 Å². The fourth-order valence-electron chi connectivity index (χ4n) is 2.27. The van der Waals surface area contributed by atoms with E-state index in [-0.39, 0.29) is 17.0 Å². The molecule has 0 aliphatic carbocycles. The van der Waals surface area contributed by atoms with E-state index in [0.717, 1.165) is 5.56 Å². The summed E-state index contributed by atoms with van der Waals surface area (Å²) in [5, 5.41) is 11.3. The fourth-order valence-corrected chi connectivity index (χ4v) is 2.87. The molecule has 2 aromatic heterocycles. The third-order valence-electron chi connectivity index (χ3n) is 3.30. The molecule has 0 saturated heterocycles. The maximum atomic E-state index is 12.7. The highest BCUT2D eigenvalue weighted by Crippen LogP contribution is 2.29. The molecule has 7 heteroatoms. The van der Waals surface area contributed by atoms with E-state index in [9.17, 15) is 9.90 Å². The largest absolute Gasteiger partial charge is 0.506 e. The molecule has 0 unspecified atom stereocenters. The van der Waals surface area contributed by atoms with Gasteiger partial charge in [0.15, 0.2) is 5.16 Å². The Kier molecular flexibility index (Phi) is 3.80. The Morgan fingerprint density at radius 1 is 1.36 bits per heavy atom. The first-order valence-corrected chi connectivity index (χ1v) is 8.04. The maximum Gasteiger partial charge on any atom is 0.266 e. The summed E-state index contributed by atoms with van der Waals surface area (Å²) in [6, 6.07) is 4.73. The number of aromatic hydroxyl groups is 1. The van der Waals surface area contributed by atoms with E-state index in [1.165, 1.54) is 28.6 Å². The lowest BCUT2D eigenvalue weighted by molar-refractivity contribution is 0.472. The van der Waals surface area contributed by atoms with Crippen molar-refractivity contribution in [1.29, 1.82) is 0 Å². The minimum Gasteiger partial charge on any atom is -0.506 e. The zero-order valence-corrected chi connectivity index (χ0v) is 13.4. The monoisotopic (exact) mass is 333 g/mol. The molecule has 0 aliphatic heterocycles. The minimum atomic E-state index is -0.323. The van der Waals surface area contributed by atoms with Crippen LogP contribution in [0, 0.1) is 6.92 Å². The molecule has 0 saturated carbocycles. The van der Waals surface area contributed by atoms with Crippen LogP contribution < -0.4 is 5.56 Å². The third-order valence-corrected chi connectivity index (χ3v) is 4.17. The summed E-state index contributed by atoms with van der Waals surface area (Å²) in [6.45, 7) is 1.85. The summed E-state index contributed by atoms with van der Waals surface area (Å²) in [5.41, 5.74) is 1.34. The zero-order valence-electron chi connectivity index (χ0n) is 11.9. The first-order valence-electron chi connectivity index (χ1n) is 6.43. The van der Waals surface area contributed by atoms with Crippen LogP contribution in [0.1, 0.15) is 5.56 Å². The van der Waals surface area contributed by atoms with Gasteiger partial charge < -0.3 is 5.11 Å². The number of hydrogen-bond acceptors (Lipinski definition) is 5. The second kappa shape index (κ2) is 5.62. The van der Waals surface area contributed by atoms with Crippen LogP contribution in [0.3, 0.4) is 0 Å². The first-order chi connectivity index (χ1) is 10.5. The van der Waals surface area contributed by atoms with Crippen molar-refractivity contribution >= 4 is 34.3 Å². The van der Waals surface area contributed by atoms with Crippen molar-refractivity contribution in [2.75, 3.05) is 6.26 Å².